The highest BCUT2D eigenvalue weighted by molar-refractivity contribution is 5.56. The van der Waals surface area contributed by atoms with Gasteiger partial charge in [-0.15, -0.1) is 0 Å². The first kappa shape index (κ1) is 15.3. The fraction of sp³-hybridized carbons (Fsp3) is 0.0667. The number of para-hydroxylation sites is 1. The predicted molar refractivity (Wildman–Crippen MR) is 82.3 cm³/mol. The quantitative estimate of drug-likeness (QED) is 0.520. The van der Waals surface area contributed by atoms with E-state index < -0.39 is 9.85 Å². The second-order valence-electron chi connectivity index (χ2n) is 4.88. The fourth-order valence-corrected chi connectivity index (χ4v) is 2.18. The Balaban J connectivity index is 1.84. The number of nitrogens with zero attached hydrogens (tertiary/aromatic N) is 4. The summed E-state index contributed by atoms with van der Waals surface area (Å²) >= 11 is 0. The van der Waals surface area contributed by atoms with Crippen LogP contribution in [0.2, 0.25) is 0 Å². The molecule has 0 amide bonds. The van der Waals surface area contributed by atoms with Crippen molar-refractivity contribution in [2.75, 3.05) is 0 Å². The van der Waals surface area contributed by atoms with Gasteiger partial charge in [0.15, 0.2) is 0 Å². The van der Waals surface area contributed by atoms with Crippen molar-refractivity contribution in [3.8, 4) is 11.4 Å². The molecule has 0 aliphatic rings. The van der Waals surface area contributed by atoms with Crippen molar-refractivity contribution in [2.24, 2.45) is 0 Å². The van der Waals surface area contributed by atoms with Gasteiger partial charge >= 0.3 is 0 Å². The van der Waals surface area contributed by atoms with Crippen LogP contribution in [0.25, 0.3) is 11.4 Å². The molecule has 9 nitrogen and oxygen atoms in total. The highest BCUT2D eigenvalue weighted by atomic mass is 16.6. The number of hydrogen-bond acceptors (Lipinski definition) is 7. The summed E-state index contributed by atoms with van der Waals surface area (Å²) in [4.78, 5) is 24.9. The molecule has 0 aliphatic heterocycles. The maximum absolute atomic E-state index is 11.0. The molecule has 24 heavy (non-hydrogen) atoms. The molecule has 2 aromatic carbocycles. The van der Waals surface area contributed by atoms with Crippen molar-refractivity contribution in [1.82, 2.24) is 10.1 Å². The van der Waals surface area contributed by atoms with Gasteiger partial charge in [-0.1, -0.05) is 23.4 Å². The molecule has 0 unspecified atom stereocenters. The van der Waals surface area contributed by atoms with Gasteiger partial charge in [-0.05, 0) is 12.1 Å². The fourth-order valence-electron chi connectivity index (χ4n) is 2.18. The molecule has 0 aliphatic carbocycles. The molecule has 1 aromatic heterocycles. The van der Waals surface area contributed by atoms with Crippen LogP contribution in [0.4, 0.5) is 11.4 Å². The van der Waals surface area contributed by atoms with Crippen LogP contribution in [-0.2, 0) is 6.42 Å². The summed E-state index contributed by atoms with van der Waals surface area (Å²) < 4.78 is 5.12. The molecule has 0 fully saturated rings. The van der Waals surface area contributed by atoms with Crippen molar-refractivity contribution >= 4 is 11.4 Å². The summed E-state index contributed by atoms with van der Waals surface area (Å²) in [5.74, 6) is 0.483. The number of aromatic nitrogens is 2. The zero-order chi connectivity index (χ0) is 17.1. The molecule has 9 heteroatoms. The van der Waals surface area contributed by atoms with Gasteiger partial charge in [0.1, 0.15) is 0 Å². The lowest BCUT2D eigenvalue weighted by Crippen LogP contribution is -1.96. The van der Waals surface area contributed by atoms with Crippen molar-refractivity contribution in [3.05, 3.63) is 80.2 Å². The van der Waals surface area contributed by atoms with Gasteiger partial charge in [0.2, 0.25) is 11.7 Å². The summed E-state index contributed by atoms with van der Waals surface area (Å²) in [5, 5.41) is 25.5. The van der Waals surface area contributed by atoms with Crippen molar-refractivity contribution in [3.63, 3.8) is 0 Å². The summed E-state index contributed by atoms with van der Waals surface area (Å²) in [6.45, 7) is 0. The number of nitro groups is 2. The minimum atomic E-state index is -0.500. The van der Waals surface area contributed by atoms with Crippen LogP contribution in [-0.4, -0.2) is 20.0 Å². The number of rotatable bonds is 5. The summed E-state index contributed by atoms with van der Waals surface area (Å²) in [6, 6.07) is 12.0. The number of non-ortho nitro benzene ring substituents is 1. The van der Waals surface area contributed by atoms with E-state index in [4.69, 9.17) is 4.52 Å². The molecule has 0 spiro atoms. The van der Waals surface area contributed by atoms with Crippen molar-refractivity contribution in [2.45, 2.75) is 6.42 Å². The molecule has 0 saturated carbocycles. The van der Waals surface area contributed by atoms with E-state index in [-0.39, 0.29) is 29.5 Å². The Kier molecular flexibility index (Phi) is 3.98. The monoisotopic (exact) mass is 326 g/mol. The van der Waals surface area contributed by atoms with Gasteiger partial charge in [0.25, 0.3) is 11.4 Å². The number of nitro benzene ring substituents is 2. The minimum Gasteiger partial charge on any atom is -0.339 e. The highest BCUT2D eigenvalue weighted by Crippen LogP contribution is 2.23. The van der Waals surface area contributed by atoms with Crippen LogP contribution in [0.5, 0.6) is 0 Å². The SMILES string of the molecule is O=[N+]([O-])c1ccc(-c2noc(Cc3ccccc3[N+](=O)[O-])n2)cc1. The first-order valence-corrected chi connectivity index (χ1v) is 6.84. The molecule has 3 rings (SSSR count). The molecular formula is C15H10N4O5. The van der Waals surface area contributed by atoms with E-state index in [0.29, 0.717) is 11.1 Å². The predicted octanol–water partition coefficient (Wildman–Crippen LogP) is 3.14. The Morgan fingerprint density at radius 2 is 1.67 bits per heavy atom. The average Bonchev–Trinajstić information content (AvgIpc) is 3.04. The molecule has 0 atom stereocenters. The zero-order valence-corrected chi connectivity index (χ0v) is 12.2. The Morgan fingerprint density at radius 1 is 0.958 bits per heavy atom. The standard InChI is InChI=1S/C15H10N4O5/c20-18(21)12-7-5-10(6-8-12)15-16-14(24-17-15)9-11-3-1-2-4-13(11)19(22)23/h1-8H,9H2. The largest absolute Gasteiger partial charge is 0.339 e. The maximum Gasteiger partial charge on any atom is 0.273 e. The third-order valence-electron chi connectivity index (χ3n) is 3.33. The van der Waals surface area contributed by atoms with Crippen molar-refractivity contribution < 1.29 is 14.4 Å². The third-order valence-corrected chi connectivity index (χ3v) is 3.33. The second kappa shape index (κ2) is 6.24. The summed E-state index contributed by atoms with van der Waals surface area (Å²) in [7, 11) is 0. The first-order chi connectivity index (χ1) is 11.5. The summed E-state index contributed by atoms with van der Waals surface area (Å²) in [6.07, 6.45) is 0.122. The molecule has 120 valence electrons. The Labute approximate surface area is 134 Å². The van der Waals surface area contributed by atoms with E-state index in [2.05, 4.69) is 10.1 Å². The van der Waals surface area contributed by atoms with E-state index >= 15 is 0 Å². The van der Waals surface area contributed by atoms with Crippen LogP contribution >= 0.6 is 0 Å². The normalized spacial score (nSPS) is 10.5. The van der Waals surface area contributed by atoms with Gasteiger partial charge in [-0.2, -0.15) is 4.98 Å². The lowest BCUT2D eigenvalue weighted by molar-refractivity contribution is -0.385. The van der Waals surface area contributed by atoms with E-state index in [1.54, 1.807) is 18.2 Å². The van der Waals surface area contributed by atoms with E-state index in [0.717, 1.165) is 0 Å². The Morgan fingerprint density at radius 3 is 2.33 bits per heavy atom. The number of benzene rings is 2. The lowest BCUT2D eigenvalue weighted by atomic mass is 10.1. The topological polar surface area (TPSA) is 125 Å². The van der Waals surface area contributed by atoms with Crippen LogP contribution in [0.3, 0.4) is 0 Å². The Bertz CT molecular complexity index is 904. The van der Waals surface area contributed by atoms with Gasteiger partial charge in [0, 0.05) is 29.3 Å². The maximum atomic E-state index is 11.0. The van der Waals surface area contributed by atoms with Gasteiger partial charge in [-0.25, -0.2) is 0 Å². The number of hydrogen-bond donors (Lipinski definition) is 0. The van der Waals surface area contributed by atoms with E-state index in [9.17, 15) is 20.2 Å². The Hall–Kier alpha value is -3.62. The molecule has 0 saturated heterocycles. The second-order valence-corrected chi connectivity index (χ2v) is 4.88. The van der Waals surface area contributed by atoms with Gasteiger partial charge in [0.05, 0.1) is 16.3 Å². The zero-order valence-electron chi connectivity index (χ0n) is 12.2. The average molecular weight is 326 g/mol. The van der Waals surface area contributed by atoms with E-state index in [1.165, 1.54) is 30.3 Å². The molecule has 0 bridgehead atoms. The van der Waals surface area contributed by atoms with Crippen LogP contribution in [0.1, 0.15) is 11.5 Å². The first-order valence-electron chi connectivity index (χ1n) is 6.84. The van der Waals surface area contributed by atoms with Gasteiger partial charge in [-0.3, -0.25) is 20.2 Å². The molecule has 0 N–H and O–H groups in total. The molecule has 3 aromatic rings. The molecule has 0 radical (unpaired) electrons. The summed E-state index contributed by atoms with van der Waals surface area (Å²) in [5.41, 5.74) is 0.953. The highest BCUT2D eigenvalue weighted by Gasteiger charge is 2.17. The lowest BCUT2D eigenvalue weighted by Gasteiger charge is -1.98. The third kappa shape index (κ3) is 3.09. The van der Waals surface area contributed by atoms with Gasteiger partial charge < -0.3 is 4.52 Å². The molecule has 1 heterocycles. The van der Waals surface area contributed by atoms with Crippen LogP contribution in [0, 0.1) is 20.2 Å². The van der Waals surface area contributed by atoms with E-state index in [1.807, 2.05) is 0 Å². The van der Waals surface area contributed by atoms with Crippen LogP contribution < -0.4 is 0 Å². The molecular weight excluding hydrogens is 316 g/mol. The van der Waals surface area contributed by atoms with Crippen molar-refractivity contribution in [1.29, 1.82) is 0 Å². The smallest absolute Gasteiger partial charge is 0.273 e. The van der Waals surface area contributed by atoms with Crippen LogP contribution in [0.15, 0.2) is 53.1 Å². The minimum absolute atomic E-state index is 0.0208.